The molecule has 1 rings (SSSR count). The maximum absolute atomic E-state index is 3.47. The average Bonchev–Trinajstić information content (AvgIpc) is 2.59. The molecule has 0 amide bonds. The summed E-state index contributed by atoms with van der Waals surface area (Å²) >= 11 is 0. The van der Waals surface area contributed by atoms with Crippen LogP contribution in [0.5, 0.6) is 0 Å². The van der Waals surface area contributed by atoms with Gasteiger partial charge in [0.05, 0.1) is 0 Å². The normalized spacial score (nSPS) is 12.9. The quantitative estimate of drug-likeness (QED) is 0.356. The van der Waals surface area contributed by atoms with Crippen molar-refractivity contribution in [2.75, 3.05) is 0 Å². The van der Waals surface area contributed by atoms with Gasteiger partial charge in [-0.3, -0.25) is 6.08 Å². The minimum absolute atomic E-state index is 0. The van der Waals surface area contributed by atoms with E-state index in [2.05, 4.69) is 26.0 Å². The zero-order valence-electron chi connectivity index (χ0n) is 10.3. The molecule has 0 aromatic heterocycles. The van der Waals surface area contributed by atoms with Gasteiger partial charge < -0.3 is 24.8 Å². The summed E-state index contributed by atoms with van der Waals surface area (Å²) in [5.74, 6) is 0. The van der Waals surface area contributed by atoms with Gasteiger partial charge in [0.1, 0.15) is 0 Å². The van der Waals surface area contributed by atoms with Crippen molar-refractivity contribution in [1.29, 1.82) is 0 Å². The molecule has 0 fully saturated rings. The maximum Gasteiger partial charge on any atom is 0 e. The molecule has 0 bridgehead atoms. The van der Waals surface area contributed by atoms with E-state index in [4.69, 9.17) is 0 Å². The third kappa shape index (κ3) is 8.08. The van der Waals surface area contributed by atoms with Gasteiger partial charge in [-0.05, 0) is 0 Å². The fourth-order valence-electron chi connectivity index (χ4n) is 1.76. The van der Waals surface area contributed by atoms with Crippen LogP contribution in [0.15, 0.2) is 17.2 Å². The van der Waals surface area contributed by atoms with Crippen molar-refractivity contribution < 1.29 is 50.7 Å². The van der Waals surface area contributed by atoms with Crippen molar-refractivity contribution in [3.8, 4) is 0 Å². The molecule has 0 radical (unpaired) electrons. The molecule has 0 atom stereocenters. The smallest absolute Gasteiger partial charge is 0 e. The van der Waals surface area contributed by atoms with Gasteiger partial charge in [0.25, 0.3) is 0 Å². The van der Waals surface area contributed by atoms with Crippen molar-refractivity contribution in [1.82, 2.24) is 0 Å². The SMILES string of the molecule is CCCCC1=[C-]CC=C1CCCC.[Cl-].[Cl-].[Hf]. The van der Waals surface area contributed by atoms with Gasteiger partial charge in [-0.15, -0.1) is 6.42 Å². The zero-order valence-corrected chi connectivity index (χ0v) is 15.4. The third-order valence-electron chi connectivity index (χ3n) is 2.63. The van der Waals surface area contributed by atoms with E-state index in [1.807, 2.05) is 0 Å². The van der Waals surface area contributed by atoms with E-state index in [9.17, 15) is 0 Å². The molecule has 0 unspecified atom stereocenters. The van der Waals surface area contributed by atoms with Crippen LogP contribution in [0.3, 0.4) is 0 Å². The first-order chi connectivity index (χ1) is 6.38. The molecule has 0 aromatic carbocycles. The van der Waals surface area contributed by atoms with Crippen molar-refractivity contribution >= 4 is 0 Å². The van der Waals surface area contributed by atoms with Gasteiger partial charge in [-0.2, -0.15) is 11.6 Å². The summed E-state index contributed by atoms with van der Waals surface area (Å²) in [7, 11) is 0. The molecule has 94 valence electrons. The summed E-state index contributed by atoms with van der Waals surface area (Å²) in [6.07, 6.45) is 14.7. The molecule has 16 heavy (non-hydrogen) atoms. The maximum atomic E-state index is 3.47. The van der Waals surface area contributed by atoms with Crippen molar-refractivity contribution in [2.45, 2.75) is 58.8 Å². The Kier molecular flexibility index (Phi) is 19.4. The van der Waals surface area contributed by atoms with Gasteiger partial charge in [0.2, 0.25) is 0 Å². The molecule has 0 N–H and O–H groups in total. The van der Waals surface area contributed by atoms with E-state index >= 15 is 0 Å². The Bertz CT molecular complexity index is 188. The van der Waals surface area contributed by atoms with Crippen LogP contribution in [0.25, 0.3) is 0 Å². The Labute approximate surface area is 132 Å². The van der Waals surface area contributed by atoms with E-state index in [1.165, 1.54) is 44.1 Å². The van der Waals surface area contributed by atoms with Crippen LogP contribution in [-0.4, -0.2) is 0 Å². The zero-order chi connectivity index (χ0) is 9.52. The van der Waals surface area contributed by atoms with Crippen molar-refractivity contribution in [3.05, 3.63) is 23.3 Å². The topological polar surface area (TPSA) is 0 Å². The standard InChI is InChI=1S/C13H21.2ClH.Hf/c1-3-5-8-12-10-7-11-13(12)9-6-4-2;;;/h10H,3-9H2,1-2H3;2*1H;/q-1;;;/p-2. The van der Waals surface area contributed by atoms with E-state index in [0.717, 1.165) is 6.42 Å². The first kappa shape index (κ1) is 22.1. The summed E-state index contributed by atoms with van der Waals surface area (Å²) in [5, 5.41) is 0. The van der Waals surface area contributed by atoms with Crippen molar-refractivity contribution in [2.24, 2.45) is 0 Å². The second-order valence-electron chi connectivity index (χ2n) is 3.80. The molecule has 0 spiro atoms. The molecular weight excluding hydrogens is 406 g/mol. The molecule has 1 aliphatic carbocycles. The predicted molar refractivity (Wildman–Crippen MR) is 58.5 cm³/mol. The fourth-order valence-corrected chi connectivity index (χ4v) is 1.76. The van der Waals surface area contributed by atoms with Crippen LogP contribution in [0, 0.1) is 6.08 Å². The van der Waals surface area contributed by atoms with Crippen LogP contribution in [0.4, 0.5) is 0 Å². The van der Waals surface area contributed by atoms with Gasteiger partial charge in [-0.25, -0.2) is 5.57 Å². The Morgan fingerprint density at radius 1 is 1.06 bits per heavy atom. The average molecular weight is 427 g/mol. The largest absolute Gasteiger partial charge is 1.00 e. The van der Waals surface area contributed by atoms with E-state index in [0.29, 0.717) is 0 Å². The fraction of sp³-hybridized carbons (Fsp3) is 0.692. The second-order valence-corrected chi connectivity index (χ2v) is 3.80. The second kappa shape index (κ2) is 14.0. The Morgan fingerprint density at radius 3 is 2.19 bits per heavy atom. The Balaban J connectivity index is -0.000000563. The number of rotatable bonds is 6. The number of hydrogen-bond acceptors (Lipinski definition) is 0. The van der Waals surface area contributed by atoms with Crippen LogP contribution in [0.2, 0.25) is 0 Å². The molecule has 0 aromatic rings. The molecule has 1 aliphatic rings. The molecule has 0 saturated heterocycles. The predicted octanol–water partition coefficient (Wildman–Crippen LogP) is -1.57. The minimum Gasteiger partial charge on any atom is -1.00 e. The van der Waals surface area contributed by atoms with Crippen LogP contribution in [0.1, 0.15) is 58.8 Å². The van der Waals surface area contributed by atoms with Crippen molar-refractivity contribution in [3.63, 3.8) is 0 Å². The molecular formula is C13H21Cl2Hf-3. The number of hydrogen-bond donors (Lipinski definition) is 0. The monoisotopic (exact) mass is 427 g/mol. The molecule has 0 aliphatic heterocycles. The summed E-state index contributed by atoms with van der Waals surface area (Å²) < 4.78 is 0. The summed E-state index contributed by atoms with van der Waals surface area (Å²) in [4.78, 5) is 0. The molecule has 3 heteroatoms. The number of halogens is 2. The van der Waals surface area contributed by atoms with Crippen LogP contribution >= 0.6 is 0 Å². The van der Waals surface area contributed by atoms with Crippen LogP contribution in [-0.2, 0) is 25.8 Å². The number of allylic oxidation sites excluding steroid dienone is 4. The van der Waals surface area contributed by atoms with E-state index in [-0.39, 0.29) is 50.7 Å². The van der Waals surface area contributed by atoms with Gasteiger partial charge in [0.15, 0.2) is 0 Å². The molecule has 0 nitrogen and oxygen atoms in total. The first-order valence-electron chi connectivity index (χ1n) is 5.67. The van der Waals surface area contributed by atoms with Gasteiger partial charge >= 0.3 is 0 Å². The number of unbranched alkanes of at least 4 members (excludes halogenated alkanes) is 2. The van der Waals surface area contributed by atoms with E-state index in [1.54, 1.807) is 5.57 Å². The minimum atomic E-state index is 0. The third-order valence-corrected chi connectivity index (χ3v) is 2.63. The van der Waals surface area contributed by atoms with E-state index < -0.39 is 0 Å². The first-order valence-corrected chi connectivity index (χ1v) is 5.67. The summed E-state index contributed by atoms with van der Waals surface area (Å²) in [6.45, 7) is 4.51. The van der Waals surface area contributed by atoms with Crippen LogP contribution < -0.4 is 24.8 Å². The van der Waals surface area contributed by atoms with Gasteiger partial charge in [-0.1, -0.05) is 52.4 Å². The van der Waals surface area contributed by atoms with Gasteiger partial charge in [0, 0.05) is 25.8 Å². The summed E-state index contributed by atoms with van der Waals surface area (Å²) in [6, 6.07) is 0. The molecule has 0 heterocycles. The summed E-state index contributed by atoms with van der Waals surface area (Å²) in [5.41, 5.74) is 3.12. The Hall–Kier alpha value is 0.930. The molecule has 0 saturated carbocycles. The Morgan fingerprint density at radius 2 is 1.62 bits per heavy atom.